The molecule has 0 heterocycles. The number of hydrogen-bond donors (Lipinski definition) is 3. The van der Waals surface area contributed by atoms with Gasteiger partial charge in [0.15, 0.2) is 0 Å². The van der Waals surface area contributed by atoms with E-state index in [4.69, 9.17) is 5.11 Å². The zero-order chi connectivity index (χ0) is 14.3. The first-order valence-corrected chi connectivity index (χ1v) is 6.32. The van der Waals surface area contributed by atoms with Crippen LogP contribution in [-0.2, 0) is 9.59 Å². The molecule has 5 heteroatoms. The van der Waals surface area contributed by atoms with E-state index in [0.29, 0.717) is 13.0 Å². The number of aliphatic carboxylic acids is 1. The molecule has 0 bridgehead atoms. The van der Waals surface area contributed by atoms with Gasteiger partial charge < -0.3 is 15.7 Å². The molecule has 0 fully saturated rings. The second kappa shape index (κ2) is 7.36. The summed E-state index contributed by atoms with van der Waals surface area (Å²) in [6.45, 7) is 8.50. The fourth-order valence-electron chi connectivity index (χ4n) is 1.87. The lowest BCUT2D eigenvalue weighted by Gasteiger charge is -2.26. The van der Waals surface area contributed by atoms with Crippen LogP contribution in [0.5, 0.6) is 0 Å². The second-order valence-corrected chi connectivity index (χ2v) is 6.03. The predicted octanol–water partition coefficient (Wildman–Crippen LogP) is 1.24. The van der Waals surface area contributed by atoms with Crippen molar-refractivity contribution in [2.75, 3.05) is 13.6 Å². The van der Waals surface area contributed by atoms with Crippen molar-refractivity contribution in [1.29, 1.82) is 0 Å². The van der Waals surface area contributed by atoms with E-state index in [0.717, 1.165) is 0 Å². The molecular formula is C13H26N2O3. The minimum absolute atomic E-state index is 0.0142. The molecule has 0 aromatic heterocycles. The van der Waals surface area contributed by atoms with Crippen LogP contribution in [0.3, 0.4) is 0 Å². The Balaban J connectivity index is 4.48. The average Bonchev–Trinajstić information content (AvgIpc) is 2.13. The molecule has 0 radical (unpaired) electrons. The minimum Gasteiger partial charge on any atom is -0.481 e. The number of nitrogens with one attached hydrogen (secondary N) is 2. The van der Waals surface area contributed by atoms with E-state index in [1.807, 2.05) is 27.7 Å². The van der Waals surface area contributed by atoms with Crippen molar-refractivity contribution in [2.45, 2.75) is 46.6 Å². The topological polar surface area (TPSA) is 78.4 Å². The van der Waals surface area contributed by atoms with Gasteiger partial charge in [-0.15, -0.1) is 0 Å². The first kappa shape index (κ1) is 16.9. The smallest absolute Gasteiger partial charge is 0.305 e. The Kier molecular flexibility index (Phi) is 6.91. The van der Waals surface area contributed by atoms with Gasteiger partial charge in [0.1, 0.15) is 0 Å². The molecule has 0 aromatic rings. The van der Waals surface area contributed by atoms with E-state index in [1.165, 1.54) is 0 Å². The summed E-state index contributed by atoms with van der Waals surface area (Å²) in [5, 5.41) is 14.6. The average molecular weight is 258 g/mol. The van der Waals surface area contributed by atoms with Crippen LogP contribution in [0.25, 0.3) is 0 Å². The van der Waals surface area contributed by atoms with E-state index in [9.17, 15) is 9.59 Å². The molecule has 0 aromatic carbocycles. The molecule has 0 spiro atoms. The van der Waals surface area contributed by atoms with E-state index >= 15 is 0 Å². The summed E-state index contributed by atoms with van der Waals surface area (Å²) >= 11 is 0. The van der Waals surface area contributed by atoms with Crippen LogP contribution < -0.4 is 10.6 Å². The molecule has 3 N–H and O–H groups in total. The van der Waals surface area contributed by atoms with Crippen molar-refractivity contribution in [3.63, 3.8) is 0 Å². The van der Waals surface area contributed by atoms with Crippen LogP contribution in [0.1, 0.15) is 40.5 Å². The normalized spacial score (nSPS) is 14.9. The van der Waals surface area contributed by atoms with E-state index < -0.39 is 5.97 Å². The highest BCUT2D eigenvalue weighted by atomic mass is 16.4. The summed E-state index contributed by atoms with van der Waals surface area (Å²) in [6, 6.07) is -0.311. The summed E-state index contributed by atoms with van der Waals surface area (Å²) in [4.78, 5) is 22.7. The largest absolute Gasteiger partial charge is 0.481 e. The Morgan fingerprint density at radius 3 is 2.22 bits per heavy atom. The maximum absolute atomic E-state index is 11.9. The van der Waals surface area contributed by atoms with Crippen molar-refractivity contribution >= 4 is 11.9 Å². The molecule has 1 amide bonds. The second-order valence-electron chi connectivity index (χ2n) is 6.03. The quantitative estimate of drug-likeness (QED) is 0.642. The Bertz CT molecular complexity index is 284. The predicted molar refractivity (Wildman–Crippen MR) is 71.3 cm³/mol. The van der Waals surface area contributed by atoms with Crippen LogP contribution in [0, 0.1) is 11.3 Å². The number of carboxylic acids is 1. The van der Waals surface area contributed by atoms with Gasteiger partial charge in [-0.2, -0.15) is 0 Å². The zero-order valence-electron chi connectivity index (χ0n) is 12.0. The number of carboxylic acid groups (broad SMARTS) is 1. The van der Waals surface area contributed by atoms with Gasteiger partial charge in [0, 0.05) is 18.5 Å². The first-order chi connectivity index (χ1) is 8.15. The standard InChI is InChI=1S/C13H26N2O3/c1-9(8-14-5)12(18)15-10(6-11(16)17)7-13(2,3)4/h9-10,14H,6-8H2,1-5H3,(H,15,18)(H,16,17). The van der Waals surface area contributed by atoms with Crippen LogP contribution in [0.4, 0.5) is 0 Å². The lowest BCUT2D eigenvalue weighted by Crippen LogP contribution is -2.43. The molecule has 0 aliphatic rings. The summed E-state index contributed by atoms with van der Waals surface area (Å²) in [7, 11) is 1.79. The van der Waals surface area contributed by atoms with E-state index in [1.54, 1.807) is 7.05 Å². The molecule has 2 atom stereocenters. The van der Waals surface area contributed by atoms with Crippen molar-refractivity contribution in [3.8, 4) is 0 Å². The van der Waals surface area contributed by atoms with Crippen molar-refractivity contribution in [3.05, 3.63) is 0 Å². The third-order valence-corrected chi connectivity index (χ3v) is 2.58. The molecule has 18 heavy (non-hydrogen) atoms. The van der Waals surface area contributed by atoms with Crippen molar-refractivity contribution in [2.24, 2.45) is 11.3 Å². The van der Waals surface area contributed by atoms with E-state index in [2.05, 4.69) is 10.6 Å². The molecule has 0 aliphatic heterocycles. The third-order valence-electron chi connectivity index (χ3n) is 2.58. The summed E-state index contributed by atoms with van der Waals surface area (Å²) in [5.74, 6) is -1.14. The van der Waals surface area contributed by atoms with Gasteiger partial charge >= 0.3 is 5.97 Å². The number of hydrogen-bond acceptors (Lipinski definition) is 3. The third kappa shape index (κ3) is 8.06. The Morgan fingerprint density at radius 2 is 1.83 bits per heavy atom. The SMILES string of the molecule is CNCC(C)C(=O)NC(CC(=O)O)CC(C)(C)C. The molecule has 106 valence electrons. The highest BCUT2D eigenvalue weighted by Gasteiger charge is 2.24. The van der Waals surface area contributed by atoms with Crippen LogP contribution in [0.2, 0.25) is 0 Å². The summed E-state index contributed by atoms with van der Waals surface area (Å²) in [5.41, 5.74) is -0.0142. The number of amides is 1. The van der Waals surface area contributed by atoms with E-state index in [-0.39, 0.29) is 29.7 Å². The van der Waals surface area contributed by atoms with Gasteiger partial charge in [0.2, 0.25) is 5.91 Å². The lowest BCUT2D eigenvalue weighted by atomic mass is 9.87. The van der Waals surface area contributed by atoms with Crippen molar-refractivity contribution < 1.29 is 14.7 Å². The van der Waals surface area contributed by atoms with Gasteiger partial charge in [-0.1, -0.05) is 27.7 Å². The fraction of sp³-hybridized carbons (Fsp3) is 0.846. The molecule has 5 nitrogen and oxygen atoms in total. The lowest BCUT2D eigenvalue weighted by molar-refractivity contribution is -0.138. The summed E-state index contributed by atoms with van der Waals surface area (Å²) < 4.78 is 0. The highest BCUT2D eigenvalue weighted by Crippen LogP contribution is 2.22. The molecule has 0 saturated carbocycles. The van der Waals surface area contributed by atoms with Gasteiger partial charge in [0.05, 0.1) is 6.42 Å². The fourth-order valence-corrected chi connectivity index (χ4v) is 1.87. The maximum atomic E-state index is 11.9. The molecule has 0 aliphatic carbocycles. The number of rotatable bonds is 7. The van der Waals surface area contributed by atoms with Gasteiger partial charge in [0.25, 0.3) is 0 Å². The first-order valence-electron chi connectivity index (χ1n) is 6.32. The monoisotopic (exact) mass is 258 g/mol. The van der Waals surface area contributed by atoms with Gasteiger partial charge in [-0.3, -0.25) is 9.59 Å². The molecule has 0 saturated heterocycles. The summed E-state index contributed by atoms with van der Waals surface area (Å²) in [6.07, 6.45) is 0.618. The van der Waals surface area contributed by atoms with Crippen molar-refractivity contribution in [1.82, 2.24) is 10.6 Å². The Hall–Kier alpha value is -1.10. The van der Waals surface area contributed by atoms with Crippen LogP contribution >= 0.6 is 0 Å². The number of carbonyl (C=O) groups is 2. The van der Waals surface area contributed by atoms with Crippen LogP contribution in [0.15, 0.2) is 0 Å². The Labute approximate surface area is 109 Å². The number of carbonyl (C=O) groups excluding carboxylic acids is 1. The Morgan fingerprint density at radius 1 is 1.28 bits per heavy atom. The highest BCUT2D eigenvalue weighted by molar-refractivity contribution is 5.79. The van der Waals surface area contributed by atoms with Gasteiger partial charge in [-0.25, -0.2) is 0 Å². The molecule has 0 rings (SSSR count). The molecular weight excluding hydrogens is 232 g/mol. The maximum Gasteiger partial charge on any atom is 0.305 e. The molecule has 2 unspecified atom stereocenters. The van der Waals surface area contributed by atoms with Gasteiger partial charge in [-0.05, 0) is 18.9 Å². The zero-order valence-corrected chi connectivity index (χ0v) is 12.0. The van der Waals surface area contributed by atoms with Crippen LogP contribution in [-0.4, -0.2) is 36.6 Å². The minimum atomic E-state index is -0.884.